The number of aromatic nitrogens is 1. The third kappa shape index (κ3) is 4.00. The van der Waals surface area contributed by atoms with E-state index in [-0.39, 0.29) is 30.9 Å². The SMILES string of the molecule is C[C@@H](N)c1cc(Cl)cnc1N.Cl.Cl. The molecule has 13 heavy (non-hydrogen) atoms. The Hall–Kier alpha value is -0.220. The molecule has 4 N–H and O–H groups in total. The van der Waals surface area contributed by atoms with Crippen molar-refractivity contribution >= 4 is 42.2 Å². The molecular formula is C7H12Cl3N3. The number of rotatable bonds is 1. The minimum Gasteiger partial charge on any atom is -0.383 e. The number of pyridine rings is 1. The first-order valence-corrected chi connectivity index (χ1v) is 3.65. The number of nitrogen functional groups attached to an aromatic ring is 1. The molecule has 76 valence electrons. The third-order valence-corrected chi connectivity index (χ3v) is 1.61. The molecule has 6 heteroatoms. The number of nitrogens with two attached hydrogens (primary N) is 2. The van der Waals surface area contributed by atoms with Crippen molar-refractivity contribution in [2.75, 3.05) is 5.73 Å². The summed E-state index contributed by atoms with van der Waals surface area (Å²) < 4.78 is 0. The fourth-order valence-corrected chi connectivity index (χ4v) is 0.997. The lowest BCUT2D eigenvalue weighted by Crippen LogP contribution is -2.09. The van der Waals surface area contributed by atoms with E-state index in [1.54, 1.807) is 6.07 Å². The Kier molecular flexibility index (Phi) is 7.36. The molecule has 0 unspecified atom stereocenters. The van der Waals surface area contributed by atoms with Gasteiger partial charge in [-0.05, 0) is 13.0 Å². The molecule has 0 aliphatic carbocycles. The second kappa shape index (κ2) is 6.27. The summed E-state index contributed by atoms with van der Waals surface area (Å²) in [5.74, 6) is 0.449. The zero-order valence-corrected chi connectivity index (χ0v) is 9.42. The van der Waals surface area contributed by atoms with Crippen LogP contribution in [0.4, 0.5) is 5.82 Å². The van der Waals surface area contributed by atoms with Crippen LogP contribution in [0.25, 0.3) is 0 Å². The highest BCUT2D eigenvalue weighted by molar-refractivity contribution is 6.30. The van der Waals surface area contributed by atoms with Crippen LogP contribution in [-0.4, -0.2) is 4.98 Å². The molecule has 1 heterocycles. The second-order valence-corrected chi connectivity index (χ2v) is 2.85. The zero-order valence-electron chi connectivity index (χ0n) is 7.03. The number of nitrogens with zero attached hydrogens (tertiary/aromatic N) is 1. The first-order valence-electron chi connectivity index (χ1n) is 3.27. The van der Waals surface area contributed by atoms with E-state index in [1.807, 2.05) is 6.92 Å². The summed E-state index contributed by atoms with van der Waals surface area (Å²) in [7, 11) is 0. The molecule has 0 spiro atoms. The predicted molar refractivity (Wildman–Crippen MR) is 60.8 cm³/mol. The Morgan fingerprint density at radius 2 is 2.00 bits per heavy atom. The molecule has 0 fully saturated rings. The van der Waals surface area contributed by atoms with E-state index in [0.29, 0.717) is 10.8 Å². The highest BCUT2D eigenvalue weighted by Crippen LogP contribution is 2.19. The molecule has 0 aliphatic rings. The fourth-order valence-electron chi connectivity index (χ4n) is 0.830. The first kappa shape index (κ1) is 15.3. The lowest BCUT2D eigenvalue weighted by molar-refractivity contribution is 0.816. The smallest absolute Gasteiger partial charge is 0.128 e. The molecule has 0 saturated carbocycles. The van der Waals surface area contributed by atoms with Gasteiger partial charge >= 0.3 is 0 Å². The second-order valence-electron chi connectivity index (χ2n) is 2.42. The van der Waals surface area contributed by atoms with Crippen LogP contribution in [-0.2, 0) is 0 Å². The topological polar surface area (TPSA) is 64.9 Å². The van der Waals surface area contributed by atoms with Crippen LogP contribution in [0.3, 0.4) is 0 Å². The molecule has 0 amide bonds. The predicted octanol–water partition coefficient (Wildman–Crippen LogP) is 2.18. The van der Waals surface area contributed by atoms with E-state index in [4.69, 9.17) is 23.1 Å². The van der Waals surface area contributed by atoms with Gasteiger partial charge in [0.2, 0.25) is 0 Å². The average Bonchev–Trinajstić information content (AvgIpc) is 1.94. The highest BCUT2D eigenvalue weighted by atomic mass is 35.5. The van der Waals surface area contributed by atoms with Crippen molar-refractivity contribution in [2.24, 2.45) is 5.73 Å². The summed E-state index contributed by atoms with van der Waals surface area (Å²) in [5.41, 5.74) is 11.9. The zero-order chi connectivity index (χ0) is 8.43. The summed E-state index contributed by atoms with van der Waals surface area (Å²) >= 11 is 5.69. The number of hydrogen-bond acceptors (Lipinski definition) is 3. The molecule has 0 saturated heterocycles. The van der Waals surface area contributed by atoms with E-state index in [2.05, 4.69) is 4.98 Å². The van der Waals surface area contributed by atoms with Gasteiger partial charge in [-0.2, -0.15) is 0 Å². The van der Waals surface area contributed by atoms with Crippen molar-refractivity contribution in [3.05, 3.63) is 22.8 Å². The van der Waals surface area contributed by atoms with Crippen LogP contribution in [0.1, 0.15) is 18.5 Å². The average molecular weight is 245 g/mol. The maximum atomic E-state index is 5.69. The molecule has 3 nitrogen and oxygen atoms in total. The maximum Gasteiger partial charge on any atom is 0.128 e. The first-order chi connectivity index (χ1) is 5.11. The Morgan fingerprint density at radius 1 is 1.46 bits per heavy atom. The summed E-state index contributed by atoms with van der Waals surface area (Å²) in [6, 6.07) is 1.61. The van der Waals surface area contributed by atoms with Crippen LogP contribution in [0.5, 0.6) is 0 Å². The van der Waals surface area contributed by atoms with Gasteiger partial charge in [-0.1, -0.05) is 11.6 Å². The molecule has 0 aromatic carbocycles. The van der Waals surface area contributed by atoms with Gasteiger partial charge in [0, 0.05) is 17.8 Å². The van der Waals surface area contributed by atoms with Gasteiger partial charge in [-0.15, -0.1) is 24.8 Å². The van der Waals surface area contributed by atoms with Crippen LogP contribution in [0.15, 0.2) is 12.3 Å². The Labute approximate surface area is 94.7 Å². The molecule has 0 aliphatic heterocycles. The number of anilines is 1. The summed E-state index contributed by atoms with van der Waals surface area (Å²) in [6.07, 6.45) is 1.50. The van der Waals surface area contributed by atoms with Crippen molar-refractivity contribution in [2.45, 2.75) is 13.0 Å². The van der Waals surface area contributed by atoms with Gasteiger partial charge in [0.1, 0.15) is 5.82 Å². The number of hydrogen-bond donors (Lipinski definition) is 2. The van der Waals surface area contributed by atoms with Gasteiger partial charge in [0.25, 0.3) is 0 Å². The molecule has 1 rings (SSSR count). The van der Waals surface area contributed by atoms with Crippen LogP contribution < -0.4 is 11.5 Å². The van der Waals surface area contributed by atoms with Crippen molar-refractivity contribution in [3.8, 4) is 0 Å². The Bertz CT molecular complexity index is 265. The quantitative estimate of drug-likeness (QED) is 0.796. The van der Waals surface area contributed by atoms with Crippen LogP contribution in [0, 0.1) is 0 Å². The minimum atomic E-state index is -0.124. The van der Waals surface area contributed by atoms with Crippen molar-refractivity contribution in [1.82, 2.24) is 4.98 Å². The molecule has 1 aromatic heterocycles. The van der Waals surface area contributed by atoms with E-state index < -0.39 is 0 Å². The van der Waals surface area contributed by atoms with Gasteiger partial charge in [-0.3, -0.25) is 0 Å². The lowest BCUT2D eigenvalue weighted by Gasteiger charge is -2.07. The largest absolute Gasteiger partial charge is 0.383 e. The highest BCUT2D eigenvalue weighted by Gasteiger charge is 2.05. The molecule has 1 atom stereocenters. The van der Waals surface area contributed by atoms with Gasteiger partial charge < -0.3 is 11.5 Å². The summed E-state index contributed by atoms with van der Waals surface area (Å²) in [5, 5.41) is 0.562. The van der Waals surface area contributed by atoms with Crippen molar-refractivity contribution in [3.63, 3.8) is 0 Å². The van der Waals surface area contributed by atoms with E-state index in [9.17, 15) is 0 Å². The van der Waals surface area contributed by atoms with Crippen molar-refractivity contribution in [1.29, 1.82) is 0 Å². The molecule has 0 bridgehead atoms. The number of halogens is 3. The van der Waals surface area contributed by atoms with Gasteiger partial charge in [0.05, 0.1) is 5.02 Å². The van der Waals surface area contributed by atoms with Crippen LogP contribution in [0.2, 0.25) is 5.02 Å². The monoisotopic (exact) mass is 243 g/mol. The molecule has 0 radical (unpaired) electrons. The maximum absolute atomic E-state index is 5.69. The standard InChI is InChI=1S/C7H10ClN3.2ClH/c1-4(9)6-2-5(8)3-11-7(6)10;;/h2-4H,9H2,1H3,(H2,10,11);2*1H/t4-;;/m1../s1. The van der Waals surface area contributed by atoms with E-state index in [0.717, 1.165) is 5.56 Å². The Balaban J connectivity index is 0. The van der Waals surface area contributed by atoms with E-state index in [1.165, 1.54) is 6.20 Å². The lowest BCUT2D eigenvalue weighted by atomic mass is 10.1. The summed E-state index contributed by atoms with van der Waals surface area (Å²) in [4.78, 5) is 3.87. The molecular weight excluding hydrogens is 232 g/mol. The Morgan fingerprint density at radius 3 is 2.38 bits per heavy atom. The molecule has 1 aromatic rings. The van der Waals surface area contributed by atoms with Gasteiger partial charge in [0.15, 0.2) is 0 Å². The summed E-state index contributed by atoms with van der Waals surface area (Å²) in [6.45, 7) is 1.84. The van der Waals surface area contributed by atoms with Crippen LogP contribution >= 0.6 is 36.4 Å². The fraction of sp³-hybridized carbons (Fsp3) is 0.286. The third-order valence-electron chi connectivity index (χ3n) is 1.41. The van der Waals surface area contributed by atoms with E-state index >= 15 is 0 Å². The van der Waals surface area contributed by atoms with Crippen molar-refractivity contribution < 1.29 is 0 Å². The van der Waals surface area contributed by atoms with Gasteiger partial charge in [-0.25, -0.2) is 4.98 Å². The minimum absolute atomic E-state index is 0. The normalized spacial score (nSPS) is 11.0.